The predicted molar refractivity (Wildman–Crippen MR) is 73.1 cm³/mol. The standard InChI is InChI=1S/C13H25N3O3/c1-4-13(3,11(17)18)10-14-12(19)16-8-6-15(5-2)7-9-16/h4-10H2,1-3H3,(H,14,19)(H,17,18). The van der Waals surface area contributed by atoms with Gasteiger partial charge >= 0.3 is 12.0 Å². The molecule has 110 valence electrons. The minimum atomic E-state index is -0.888. The molecule has 6 heteroatoms. The number of aliphatic carboxylic acids is 1. The molecule has 2 amide bonds. The molecule has 0 radical (unpaired) electrons. The number of piperazine rings is 1. The summed E-state index contributed by atoms with van der Waals surface area (Å²) in [5.74, 6) is -0.869. The Morgan fingerprint density at radius 2 is 1.79 bits per heavy atom. The van der Waals surface area contributed by atoms with E-state index in [1.165, 1.54) is 0 Å². The first-order chi connectivity index (χ1) is 8.92. The number of nitrogens with one attached hydrogen (secondary N) is 1. The molecule has 1 heterocycles. The van der Waals surface area contributed by atoms with Gasteiger partial charge in [0, 0.05) is 32.7 Å². The van der Waals surface area contributed by atoms with E-state index in [-0.39, 0.29) is 12.6 Å². The van der Waals surface area contributed by atoms with Gasteiger partial charge in [0.25, 0.3) is 0 Å². The number of likely N-dealkylation sites (N-methyl/N-ethyl adjacent to an activating group) is 1. The van der Waals surface area contributed by atoms with E-state index in [2.05, 4.69) is 17.1 Å². The zero-order valence-electron chi connectivity index (χ0n) is 12.1. The van der Waals surface area contributed by atoms with Crippen LogP contribution in [-0.4, -0.2) is 66.2 Å². The molecule has 19 heavy (non-hydrogen) atoms. The SMILES string of the molecule is CCN1CCN(C(=O)NCC(C)(CC)C(=O)O)CC1. The number of amides is 2. The molecule has 1 rings (SSSR count). The quantitative estimate of drug-likeness (QED) is 0.777. The molecule has 0 aliphatic carbocycles. The van der Waals surface area contributed by atoms with Crippen LogP contribution < -0.4 is 5.32 Å². The Morgan fingerprint density at radius 1 is 1.21 bits per heavy atom. The number of hydrogen-bond donors (Lipinski definition) is 2. The molecule has 0 bridgehead atoms. The van der Waals surface area contributed by atoms with Gasteiger partial charge in [-0.15, -0.1) is 0 Å². The predicted octanol–water partition coefficient (Wildman–Crippen LogP) is 0.834. The molecule has 0 spiro atoms. The molecular formula is C13H25N3O3. The molecule has 0 saturated carbocycles. The molecule has 1 aliphatic heterocycles. The number of hydrogen-bond acceptors (Lipinski definition) is 3. The van der Waals surface area contributed by atoms with Crippen molar-refractivity contribution in [1.29, 1.82) is 0 Å². The van der Waals surface area contributed by atoms with E-state index in [0.29, 0.717) is 19.5 Å². The highest BCUT2D eigenvalue weighted by atomic mass is 16.4. The number of rotatable bonds is 5. The summed E-state index contributed by atoms with van der Waals surface area (Å²) in [5, 5.41) is 11.9. The van der Waals surface area contributed by atoms with Crippen molar-refractivity contribution in [3.63, 3.8) is 0 Å². The summed E-state index contributed by atoms with van der Waals surface area (Å²) in [5.41, 5.74) is -0.888. The summed E-state index contributed by atoms with van der Waals surface area (Å²) < 4.78 is 0. The van der Waals surface area contributed by atoms with Crippen LogP contribution in [0.3, 0.4) is 0 Å². The average molecular weight is 271 g/mol. The minimum absolute atomic E-state index is 0.156. The molecule has 0 aromatic heterocycles. The Labute approximate surface area is 114 Å². The van der Waals surface area contributed by atoms with Gasteiger partial charge in [0.1, 0.15) is 0 Å². The Morgan fingerprint density at radius 3 is 2.21 bits per heavy atom. The maximum Gasteiger partial charge on any atom is 0.317 e. The second-order valence-corrected chi connectivity index (χ2v) is 5.30. The molecule has 2 N–H and O–H groups in total. The van der Waals surface area contributed by atoms with Crippen LogP contribution in [0.2, 0.25) is 0 Å². The van der Waals surface area contributed by atoms with Crippen molar-refractivity contribution in [3.8, 4) is 0 Å². The molecule has 0 aromatic rings. The van der Waals surface area contributed by atoms with Crippen LogP contribution in [0.1, 0.15) is 27.2 Å². The van der Waals surface area contributed by atoms with E-state index in [4.69, 9.17) is 5.11 Å². The summed E-state index contributed by atoms with van der Waals surface area (Å²) in [4.78, 5) is 27.2. The fraction of sp³-hybridized carbons (Fsp3) is 0.846. The Bertz CT molecular complexity index is 327. The third kappa shape index (κ3) is 4.09. The molecule has 1 aliphatic rings. The first kappa shape index (κ1) is 15.8. The largest absolute Gasteiger partial charge is 0.481 e. The smallest absolute Gasteiger partial charge is 0.317 e. The van der Waals surface area contributed by atoms with Crippen molar-refractivity contribution in [2.24, 2.45) is 5.41 Å². The lowest BCUT2D eigenvalue weighted by Crippen LogP contribution is -2.53. The number of carboxylic acids is 1. The second-order valence-electron chi connectivity index (χ2n) is 5.30. The molecule has 1 saturated heterocycles. The summed E-state index contributed by atoms with van der Waals surface area (Å²) in [6, 6.07) is -0.156. The van der Waals surface area contributed by atoms with E-state index in [9.17, 15) is 9.59 Å². The van der Waals surface area contributed by atoms with Crippen LogP contribution >= 0.6 is 0 Å². The van der Waals surface area contributed by atoms with Crippen molar-refractivity contribution in [3.05, 3.63) is 0 Å². The maximum atomic E-state index is 12.0. The summed E-state index contributed by atoms with van der Waals surface area (Å²) >= 11 is 0. The van der Waals surface area contributed by atoms with E-state index in [1.54, 1.807) is 11.8 Å². The zero-order valence-corrected chi connectivity index (χ0v) is 12.1. The van der Waals surface area contributed by atoms with Crippen LogP contribution in [0, 0.1) is 5.41 Å². The zero-order chi connectivity index (χ0) is 14.5. The van der Waals surface area contributed by atoms with Crippen LogP contribution in [0.15, 0.2) is 0 Å². The van der Waals surface area contributed by atoms with Gasteiger partial charge < -0.3 is 20.2 Å². The average Bonchev–Trinajstić information content (AvgIpc) is 2.44. The van der Waals surface area contributed by atoms with Crippen molar-refractivity contribution in [2.75, 3.05) is 39.3 Å². The van der Waals surface area contributed by atoms with Gasteiger partial charge in [0.15, 0.2) is 0 Å². The van der Waals surface area contributed by atoms with E-state index in [1.807, 2.05) is 6.92 Å². The lowest BCUT2D eigenvalue weighted by Gasteiger charge is -2.34. The van der Waals surface area contributed by atoms with Crippen LogP contribution in [-0.2, 0) is 4.79 Å². The fourth-order valence-corrected chi connectivity index (χ4v) is 2.00. The van der Waals surface area contributed by atoms with Gasteiger partial charge in [0.2, 0.25) is 0 Å². The Balaban J connectivity index is 2.42. The summed E-state index contributed by atoms with van der Waals surface area (Å²) in [7, 11) is 0. The van der Waals surface area contributed by atoms with Crippen molar-refractivity contribution >= 4 is 12.0 Å². The highest BCUT2D eigenvalue weighted by Crippen LogP contribution is 2.20. The van der Waals surface area contributed by atoms with Crippen LogP contribution in [0.25, 0.3) is 0 Å². The number of carbonyl (C=O) groups excluding carboxylic acids is 1. The lowest BCUT2D eigenvalue weighted by molar-refractivity contribution is -0.147. The number of carbonyl (C=O) groups is 2. The van der Waals surface area contributed by atoms with Crippen LogP contribution in [0.5, 0.6) is 0 Å². The maximum absolute atomic E-state index is 12.0. The number of urea groups is 1. The molecule has 1 atom stereocenters. The van der Waals surface area contributed by atoms with Crippen molar-refractivity contribution < 1.29 is 14.7 Å². The van der Waals surface area contributed by atoms with Gasteiger partial charge in [0.05, 0.1) is 5.41 Å². The second kappa shape index (κ2) is 6.75. The minimum Gasteiger partial charge on any atom is -0.481 e. The molecule has 1 fully saturated rings. The lowest BCUT2D eigenvalue weighted by atomic mass is 9.88. The van der Waals surface area contributed by atoms with E-state index < -0.39 is 11.4 Å². The Hall–Kier alpha value is -1.30. The normalized spacial score (nSPS) is 19.8. The molecular weight excluding hydrogens is 246 g/mol. The number of carboxylic acid groups (broad SMARTS) is 1. The number of nitrogens with zero attached hydrogens (tertiary/aromatic N) is 2. The van der Waals surface area contributed by atoms with Crippen molar-refractivity contribution in [1.82, 2.24) is 15.1 Å². The molecule has 0 aromatic carbocycles. The van der Waals surface area contributed by atoms with Crippen molar-refractivity contribution in [2.45, 2.75) is 27.2 Å². The summed E-state index contributed by atoms with van der Waals surface area (Å²) in [6.45, 7) is 9.93. The summed E-state index contributed by atoms with van der Waals surface area (Å²) in [6.07, 6.45) is 0.492. The van der Waals surface area contributed by atoms with Gasteiger partial charge in [-0.3, -0.25) is 4.79 Å². The third-order valence-electron chi connectivity index (χ3n) is 4.03. The van der Waals surface area contributed by atoms with Gasteiger partial charge in [-0.1, -0.05) is 13.8 Å². The fourth-order valence-electron chi connectivity index (χ4n) is 2.00. The first-order valence-electron chi connectivity index (χ1n) is 6.91. The highest BCUT2D eigenvalue weighted by Gasteiger charge is 2.32. The van der Waals surface area contributed by atoms with E-state index in [0.717, 1.165) is 19.6 Å². The third-order valence-corrected chi connectivity index (χ3v) is 4.03. The highest BCUT2D eigenvalue weighted by molar-refractivity contribution is 5.78. The Kier molecular flexibility index (Phi) is 5.60. The first-order valence-corrected chi connectivity index (χ1v) is 6.91. The molecule has 6 nitrogen and oxygen atoms in total. The van der Waals surface area contributed by atoms with Gasteiger partial charge in [-0.2, -0.15) is 0 Å². The molecule has 1 unspecified atom stereocenters. The monoisotopic (exact) mass is 271 g/mol. The van der Waals surface area contributed by atoms with Gasteiger partial charge in [-0.25, -0.2) is 4.79 Å². The van der Waals surface area contributed by atoms with Crippen LogP contribution in [0.4, 0.5) is 4.79 Å². The van der Waals surface area contributed by atoms with Gasteiger partial charge in [-0.05, 0) is 19.9 Å². The topological polar surface area (TPSA) is 72.9 Å². The van der Waals surface area contributed by atoms with E-state index >= 15 is 0 Å².